The van der Waals surface area contributed by atoms with Gasteiger partial charge in [-0.05, 0) is 50.8 Å². The maximum absolute atomic E-state index is 8.72. The Morgan fingerprint density at radius 2 is 2.00 bits per heavy atom. The number of hydrogen-bond acceptors (Lipinski definition) is 3. The fourth-order valence-electron chi connectivity index (χ4n) is 2.23. The number of benzene rings is 1. The van der Waals surface area contributed by atoms with Gasteiger partial charge in [0.2, 0.25) is 0 Å². The van der Waals surface area contributed by atoms with Crippen LogP contribution in [0.1, 0.15) is 42.0 Å². The molecular formula is C15H26N2O. The Morgan fingerprint density at radius 3 is 2.61 bits per heavy atom. The molecule has 0 saturated heterocycles. The van der Waals surface area contributed by atoms with Gasteiger partial charge in [-0.25, -0.2) is 0 Å². The van der Waals surface area contributed by atoms with Crippen molar-refractivity contribution in [3.63, 3.8) is 0 Å². The van der Waals surface area contributed by atoms with E-state index in [1.165, 1.54) is 16.7 Å². The van der Waals surface area contributed by atoms with Crippen molar-refractivity contribution in [1.82, 2.24) is 5.32 Å². The van der Waals surface area contributed by atoms with Gasteiger partial charge in [0.1, 0.15) is 0 Å². The molecule has 4 N–H and O–H groups in total. The third-order valence-corrected chi connectivity index (χ3v) is 3.26. The number of aryl methyl sites for hydroxylation is 2. The second-order valence-corrected chi connectivity index (χ2v) is 4.89. The van der Waals surface area contributed by atoms with Crippen LogP contribution >= 0.6 is 0 Å². The molecule has 0 aliphatic heterocycles. The van der Waals surface area contributed by atoms with Gasteiger partial charge in [-0.2, -0.15) is 0 Å². The number of hydrogen-bond donors (Lipinski definition) is 3. The summed E-state index contributed by atoms with van der Waals surface area (Å²) in [6, 6.07) is 6.74. The minimum Gasteiger partial charge on any atom is -0.396 e. The molecule has 1 atom stereocenters. The molecule has 1 unspecified atom stereocenters. The molecule has 1 rings (SSSR count). The Labute approximate surface area is 110 Å². The zero-order chi connectivity index (χ0) is 13.4. The first-order valence-electron chi connectivity index (χ1n) is 6.80. The Hall–Kier alpha value is -0.900. The van der Waals surface area contributed by atoms with Gasteiger partial charge in [-0.1, -0.05) is 23.8 Å². The molecule has 0 aliphatic carbocycles. The predicted molar refractivity (Wildman–Crippen MR) is 76.7 cm³/mol. The van der Waals surface area contributed by atoms with Crippen LogP contribution < -0.4 is 11.1 Å². The maximum atomic E-state index is 8.72. The molecule has 18 heavy (non-hydrogen) atoms. The number of unbranched alkanes of at least 4 members (excludes halogenated alkanes) is 2. The topological polar surface area (TPSA) is 58.3 Å². The monoisotopic (exact) mass is 250 g/mol. The van der Waals surface area contributed by atoms with E-state index in [0.29, 0.717) is 6.54 Å². The van der Waals surface area contributed by atoms with Crippen LogP contribution in [-0.2, 0) is 0 Å². The number of nitrogens with two attached hydrogens (primary N) is 1. The quantitative estimate of drug-likeness (QED) is 0.619. The van der Waals surface area contributed by atoms with E-state index in [2.05, 4.69) is 37.4 Å². The van der Waals surface area contributed by atoms with Crippen molar-refractivity contribution >= 4 is 0 Å². The number of rotatable bonds is 8. The standard InChI is InChI=1S/C15H26N2O/c1-12-6-7-14(13(2)10-12)15(11-16)17-8-4-3-5-9-18/h6-7,10,15,17-18H,3-5,8-9,11,16H2,1-2H3. The van der Waals surface area contributed by atoms with Gasteiger partial charge in [0, 0.05) is 19.2 Å². The molecule has 0 spiro atoms. The molecule has 0 amide bonds. The lowest BCUT2D eigenvalue weighted by molar-refractivity contribution is 0.282. The molecule has 1 aromatic carbocycles. The first-order valence-corrected chi connectivity index (χ1v) is 6.80. The summed E-state index contributed by atoms with van der Waals surface area (Å²) in [6.45, 7) is 6.10. The second kappa shape index (κ2) is 8.25. The van der Waals surface area contributed by atoms with Gasteiger partial charge >= 0.3 is 0 Å². The minimum atomic E-state index is 0.236. The van der Waals surface area contributed by atoms with E-state index in [1.54, 1.807) is 0 Å². The first-order chi connectivity index (χ1) is 8.69. The molecule has 0 fully saturated rings. The zero-order valence-corrected chi connectivity index (χ0v) is 11.6. The highest BCUT2D eigenvalue weighted by Crippen LogP contribution is 2.18. The summed E-state index contributed by atoms with van der Waals surface area (Å²) in [6.07, 6.45) is 3.04. The van der Waals surface area contributed by atoms with Crippen molar-refractivity contribution in [2.75, 3.05) is 19.7 Å². The van der Waals surface area contributed by atoms with Crippen LogP contribution in [0.4, 0.5) is 0 Å². The number of nitrogens with one attached hydrogen (secondary N) is 1. The van der Waals surface area contributed by atoms with Gasteiger partial charge < -0.3 is 16.2 Å². The van der Waals surface area contributed by atoms with Gasteiger partial charge in [-0.15, -0.1) is 0 Å². The van der Waals surface area contributed by atoms with Crippen molar-refractivity contribution in [2.45, 2.75) is 39.2 Å². The molecule has 0 radical (unpaired) electrons. The van der Waals surface area contributed by atoms with Gasteiger partial charge in [0.25, 0.3) is 0 Å². The Kier molecular flexibility index (Phi) is 6.94. The van der Waals surface area contributed by atoms with Crippen LogP contribution in [0.25, 0.3) is 0 Å². The second-order valence-electron chi connectivity index (χ2n) is 4.89. The smallest absolute Gasteiger partial charge is 0.0447 e. The van der Waals surface area contributed by atoms with Crippen molar-refractivity contribution in [3.05, 3.63) is 34.9 Å². The molecular weight excluding hydrogens is 224 g/mol. The Balaban J connectivity index is 2.49. The predicted octanol–water partition coefficient (Wildman–Crippen LogP) is 2.06. The number of aliphatic hydroxyl groups excluding tert-OH is 1. The van der Waals surface area contributed by atoms with Gasteiger partial charge in [0.15, 0.2) is 0 Å². The van der Waals surface area contributed by atoms with Crippen LogP contribution in [-0.4, -0.2) is 24.8 Å². The van der Waals surface area contributed by atoms with Crippen molar-refractivity contribution < 1.29 is 5.11 Å². The third kappa shape index (κ3) is 4.77. The average Bonchev–Trinajstić information content (AvgIpc) is 2.35. The first kappa shape index (κ1) is 15.2. The lowest BCUT2D eigenvalue weighted by atomic mass is 9.99. The van der Waals surface area contributed by atoms with E-state index in [-0.39, 0.29) is 12.6 Å². The molecule has 0 aromatic heterocycles. The SMILES string of the molecule is Cc1ccc(C(CN)NCCCCCO)c(C)c1. The highest BCUT2D eigenvalue weighted by atomic mass is 16.2. The van der Waals surface area contributed by atoms with E-state index >= 15 is 0 Å². The third-order valence-electron chi connectivity index (χ3n) is 3.26. The van der Waals surface area contributed by atoms with Crippen molar-refractivity contribution in [1.29, 1.82) is 0 Å². The summed E-state index contributed by atoms with van der Waals surface area (Å²) in [4.78, 5) is 0. The lowest BCUT2D eigenvalue weighted by Crippen LogP contribution is -2.29. The van der Waals surface area contributed by atoms with E-state index in [4.69, 9.17) is 10.8 Å². The van der Waals surface area contributed by atoms with E-state index in [0.717, 1.165) is 25.8 Å². The van der Waals surface area contributed by atoms with Gasteiger partial charge in [-0.3, -0.25) is 0 Å². The molecule has 3 nitrogen and oxygen atoms in total. The highest BCUT2D eigenvalue weighted by Gasteiger charge is 2.10. The highest BCUT2D eigenvalue weighted by molar-refractivity contribution is 5.33. The molecule has 0 heterocycles. The maximum Gasteiger partial charge on any atom is 0.0447 e. The Morgan fingerprint density at radius 1 is 1.22 bits per heavy atom. The zero-order valence-electron chi connectivity index (χ0n) is 11.6. The fraction of sp³-hybridized carbons (Fsp3) is 0.600. The molecule has 0 saturated carbocycles. The summed E-state index contributed by atoms with van der Waals surface area (Å²) in [5.74, 6) is 0. The molecule has 3 heteroatoms. The van der Waals surface area contributed by atoms with Crippen LogP contribution in [0.3, 0.4) is 0 Å². The summed E-state index contributed by atoms with van der Waals surface area (Å²) >= 11 is 0. The summed E-state index contributed by atoms with van der Waals surface area (Å²) < 4.78 is 0. The molecule has 0 aliphatic rings. The fourth-order valence-corrected chi connectivity index (χ4v) is 2.23. The molecule has 102 valence electrons. The normalized spacial score (nSPS) is 12.7. The van der Waals surface area contributed by atoms with Crippen LogP contribution in [0, 0.1) is 13.8 Å². The number of aliphatic hydroxyl groups is 1. The molecule has 1 aromatic rings. The molecule has 0 bridgehead atoms. The van der Waals surface area contributed by atoms with Crippen LogP contribution in [0.5, 0.6) is 0 Å². The lowest BCUT2D eigenvalue weighted by Gasteiger charge is -2.19. The Bertz CT molecular complexity index is 352. The van der Waals surface area contributed by atoms with Crippen LogP contribution in [0.15, 0.2) is 18.2 Å². The van der Waals surface area contributed by atoms with Crippen LogP contribution in [0.2, 0.25) is 0 Å². The average molecular weight is 250 g/mol. The summed E-state index contributed by atoms with van der Waals surface area (Å²) in [7, 11) is 0. The minimum absolute atomic E-state index is 0.236. The summed E-state index contributed by atoms with van der Waals surface area (Å²) in [5, 5.41) is 12.2. The van der Waals surface area contributed by atoms with E-state index < -0.39 is 0 Å². The van der Waals surface area contributed by atoms with E-state index in [1.807, 2.05) is 0 Å². The van der Waals surface area contributed by atoms with Gasteiger partial charge in [0.05, 0.1) is 0 Å². The van der Waals surface area contributed by atoms with E-state index in [9.17, 15) is 0 Å². The largest absolute Gasteiger partial charge is 0.396 e. The summed E-state index contributed by atoms with van der Waals surface area (Å²) in [5.41, 5.74) is 9.73. The van der Waals surface area contributed by atoms with Crippen molar-refractivity contribution in [3.8, 4) is 0 Å². The van der Waals surface area contributed by atoms with Crippen molar-refractivity contribution in [2.24, 2.45) is 5.73 Å².